The van der Waals surface area contributed by atoms with Gasteiger partial charge in [-0.1, -0.05) is 49.7 Å². The summed E-state index contributed by atoms with van der Waals surface area (Å²) in [6.45, 7) is 0. The summed E-state index contributed by atoms with van der Waals surface area (Å²) in [4.78, 5) is 26.6. The van der Waals surface area contributed by atoms with Gasteiger partial charge in [-0.15, -0.1) is 0 Å². The number of likely N-dealkylation sites (N-methyl/N-ethyl adjacent to an activating group) is 1. The van der Waals surface area contributed by atoms with E-state index >= 15 is 0 Å². The van der Waals surface area contributed by atoms with Gasteiger partial charge in [-0.3, -0.25) is 9.78 Å². The molecule has 2 aromatic carbocycles. The molecule has 1 aliphatic rings. The molecule has 0 saturated heterocycles. The van der Waals surface area contributed by atoms with E-state index in [1.807, 2.05) is 24.4 Å². The van der Waals surface area contributed by atoms with E-state index < -0.39 is 5.97 Å². The van der Waals surface area contributed by atoms with Crippen LogP contribution >= 0.6 is 0 Å². The number of nitrogens with zero attached hydrogens (tertiary/aromatic N) is 4. The van der Waals surface area contributed by atoms with Crippen molar-refractivity contribution in [3.05, 3.63) is 83.8 Å². The van der Waals surface area contributed by atoms with Crippen molar-refractivity contribution >= 4 is 22.6 Å². The highest BCUT2D eigenvalue weighted by atomic mass is 16.4. The Bertz CT molecular complexity index is 1520. The maximum atomic E-state index is 10.6. The van der Waals surface area contributed by atoms with E-state index in [1.165, 1.54) is 11.1 Å². The number of carboxylic acid groups (broad SMARTS) is 1. The van der Waals surface area contributed by atoms with Crippen molar-refractivity contribution < 1.29 is 9.90 Å². The van der Waals surface area contributed by atoms with Gasteiger partial charge in [0.1, 0.15) is 0 Å². The van der Waals surface area contributed by atoms with Gasteiger partial charge in [0.2, 0.25) is 0 Å². The van der Waals surface area contributed by atoms with Crippen molar-refractivity contribution in [3.8, 4) is 23.2 Å². The van der Waals surface area contributed by atoms with Crippen molar-refractivity contribution in [2.75, 3.05) is 11.9 Å². The molecule has 0 saturated carbocycles. The number of benzene rings is 2. The summed E-state index contributed by atoms with van der Waals surface area (Å²) in [5, 5.41) is 9.75. The average molecular weight is 533 g/mol. The molecule has 4 aromatic rings. The van der Waals surface area contributed by atoms with E-state index in [-0.39, 0.29) is 6.42 Å². The van der Waals surface area contributed by atoms with E-state index in [4.69, 9.17) is 10.1 Å². The van der Waals surface area contributed by atoms with Gasteiger partial charge in [0.15, 0.2) is 5.82 Å². The number of hydrogen-bond donors (Lipinski definition) is 1. The summed E-state index contributed by atoms with van der Waals surface area (Å²) in [7, 11) is 2.17. The van der Waals surface area contributed by atoms with Gasteiger partial charge in [0.05, 0.1) is 5.52 Å². The fourth-order valence-electron chi connectivity index (χ4n) is 5.49. The summed E-state index contributed by atoms with van der Waals surface area (Å²) >= 11 is 0. The van der Waals surface area contributed by atoms with Crippen LogP contribution in [-0.4, -0.2) is 39.1 Å². The smallest absolute Gasteiger partial charge is 0.303 e. The number of aliphatic carboxylic acids is 1. The van der Waals surface area contributed by atoms with Gasteiger partial charge in [-0.25, -0.2) is 9.97 Å². The van der Waals surface area contributed by atoms with E-state index in [2.05, 4.69) is 64.1 Å². The molecule has 2 aromatic heterocycles. The fraction of sp³-hybridized carbons (Fsp3) is 0.353. The molecule has 6 nitrogen and oxygen atoms in total. The summed E-state index contributed by atoms with van der Waals surface area (Å²) in [5.41, 5.74) is 6.89. The molecule has 2 heterocycles. The monoisotopic (exact) mass is 532 g/mol. The lowest BCUT2D eigenvalue weighted by molar-refractivity contribution is -0.137. The summed E-state index contributed by atoms with van der Waals surface area (Å²) in [5.74, 6) is 6.71. The van der Waals surface area contributed by atoms with E-state index in [0.29, 0.717) is 11.9 Å². The average Bonchev–Trinajstić information content (AvgIpc) is 3.41. The number of hydrogen-bond acceptors (Lipinski definition) is 5. The fourth-order valence-corrected chi connectivity index (χ4v) is 5.49. The van der Waals surface area contributed by atoms with Crippen LogP contribution in [0.25, 0.3) is 22.3 Å². The maximum absolute atomic E-state index is 10.6. The lowest BCUT2D eigenvalue weighted by atomic mass is 10.1. The standard InChI is InChI=1S/C34H36N4O2/c1-38(32-15-10-14-31-30(32)24-36-34(37-31)27-13-11-19-35-23-27)29-21-26-18-17-25(20-28(26)22-29)12-8-6-4-2-3-5-7-9-16-33(39)40/h10-11,13-15,17-20,23-24,29H,2-7,9,16,21-22H2,1H3,(H,39,40). The minimum atomic E-state index is -0.694. The molecule has 5 rings (SSSR count). The van der Waals surface area contributed by atoms with E-state index in [9.17, 15) is 4.79 Å². The predicted octanol–water partition coefficient (Wildman–Crippen LogP) is 6.85. The number of anilines is 1. The molecule has 0 amide bonds. The quantitative estimate of drug-likeness (QED) is 0.168. The minimum absolute atomic E-state index is 0.287. The lowest BCUT2D eigenvalue weighted by Crippen LogP contribution is -2.32. The first-order valence-electron chi connectivity index (χ1n) is 14.3. The molecule has 0 fully saturated rings. The van der Waals surface area contributed by atoms with E-state index in [1.54, 1.807) is 12.4 Å². The molecule has 1 aliphatic carbocycles. The maximum Gasteiger partial charge on any atom is 0.303 e. The molecule has 204 valence electrons. The van der Waals surface area contributed by atoms with Crippen molar-refractivity contribution in [1.29, 1.82) is 0 Å². The van der Waals surface area contributed by atoms with Gasteiger partial charge in [0, 0.05) is 66.7 Å². The predicted molar refractivity (Wildman–Crippen MR) is 160 cm³/mol. The normalized spacial score (nSPS) is 14.0. The molecule has 40 heavy (non-hydrogen) atoms. The van der Waals surface area contributed by atoms with E-state index in [0.717, 1.165) is 85.5 Å². The van der Waals surface area contributed by atoms with Crippen LogP contribution in [0.5, 0.6) is 0 Å². The molecular weight excluding hydrogens is 496 g/mol. The number of carbonyl (C=O) groups is 1. The second kappa shape index (κ2) is 13.2. The zero-order valence-electron chi connectivity index (χ0n) is 23.1. The largest absolute Gasteiger partial charge is 0.481 e. The number of fused-ring (bicyclic) bond motifs is 2. The van der Waals surface area contributed by atoms with Crippen LogP contribution < -0.4 is 4.90 Å². The Labute approximate surface area is 236 Å². The molecule has 6 heteroatoms. The van der Waals surface area contributed by atoms with Gasteiger partial charge < -0.3 is 10.0 Å². The van der Waals surface area contributed by atoms with Crippen molar-refractivity contribution in [3.63, 3.8) is 0 Å². The summed E-state index contributed by atoms with van der Waals surface area (Å²) < 4.78 is 0. The Morgan fingerprint density at radius 2 is 1.80 bits per heavy atom. The molecule has 0 radical (unpaired) electrons. The van der Waals surface area contributed by atoms with Crippen LogP contribution in [0.15, 0.2) is 67.1 Å². The number of unbranched alkanes of at least 4 members (excludes halogenated alkanes) is 6. The molecule has 0 spiro atoms. The Morgan fingerprint density at radius 1 is 0.975 bits per heavy atom. The molecular formula is C34H36N4O2. The minimum Gasteiger partial charge on any atom is -0.481 e. The van der Waals surface area contributed by atoms with Crippen molar-refractivity contribution in [1.82, 2.24) is 15.0 Å². The second-order valence-corrected chi connectivity index (χ2v) is 10.6. The van der Waals surface area contributed by atoms with Gasteiger partial charge in [-0.2, -0.15) is 0 Å². The number of pyridine rings is 1. The molecule has 1 N–H and O–H groups in total. The zero-order chi connectivity index (χ0) is 27.7. The summed E-state index contributed by atoms with van der Waals surface area (Å²) in [6.07, 6.45) is 15.0. The Balaban J connectivity index is 1.16. The highest BCUT2D eigenvalue weighted by molar-refractivity contribution is 5.92. The summed E-state index contributed by atoms with van der Waals surface area (Å²) in [6, 6.07) is 17.2. The topological polar surface area (TPSA) is 79.2 Å². The van der Waals surface area contributed by atoms with Crippen LogP contribution in [-0.2, 0) is 17.6 Å². The zero-order valence-corrected chi connectivity index (χ0v) is 23.1. The molecule has 0 bridgehead atoms. The molecule has 1 unspecified atom stereocenters. The van der Waals surface area contributed by atoms with Gasteiger partial charge in [0.25, 0.3) is 0 Å². The molecule has 0 aliphatic heterocycles. The SMILES string of the molecule is CN(c1cccc2nc(-c3cccnc3)ncc12)C1Cc2ccc(C#CCCCCCCCCC(=O)O)cc2C1. The third kappa shape index (κ3) is 6.84. The van der Waals surface area contributed by atoms with Crippen LogP contribution in [0.3, 0.4) is 0 Å². The van der Waals surface area contributed by atoms with Gasteiger partial charge >= 0.3 is 5.97 Å². The van der Waals surface area contributed by atoms with Crippen LogP contribution in [0, 0.1) is 11.8 Å². The Kier molecular flexibility index (Phi) is 9.03. The highest BCUT2D eigenvalue weighted by Crippen LogP contribution is 2.32. The van der Waals surface area contributed by atoms with Crippen LogP contribution in [0.4, 0.5) is 5.69 Å². The van der Waals surface area contributed by atoms with Crippen LogP contribution in [0.2, 0.25) is 0 Å². The Morgan fingerprint density at radius 3 is 2.62 bits per heavy atom. The number of rotatable bonds is 11. The lowest BCUT2D eigenvalue weighted by Gasteiger charge is -2.27. The first-order valence-corrected chi connectivity index (χ1v) is 14.3. The third-order valence-corrected chi connectivity index (χ3v) is 7.74. The Hall–Kier alpha value is -4.24. The first kappa shape index (κ1) is 27.3. The van der Waals surface area contributed by atoms with Crippen molar-refractivity contribution in [2.24, 2.45) is 0 Å². The molecule has 1 atom stereocenters. The second-order valence-electron chi connectivity index (χ2n) is 10.6. The number of aromatic nitrogens is 3. The highest BCUT2D eigenvalue weighted by Gasteiger charge is 2.26. The van der Waals surface area contributed by atoms with Crippen molar-refractivity contribution in [2.45, 2.75) is 70.3 Å². The van der Waals surface area contributed by atoms with Crippen LogP contribution in [0.1, 0.15) is 68.1 Å². The third-order valence-electron chi connectivity index (χ3n) is 7.74. The number of carboxylic acids is 1. The first-order chi connectivity index (χ1) is 19.6. The van der Waals surface area contributed by atoms with Gasteiger partial charge in [-0.05, 0) is 73.2 Å².